The minimum Gasteiger partial charge on any atom is -0.338 e. The van der Waals surface area contributed by atoms with Crippen LogP contribution in [0.3, 0.4) is 0 Å². The Balaban J connectivity index is 0.00000210. The fourth-order valence-corrected chi connectivity index (χ4v) is 4.00. The second-order valence-electron chi connectivity index (χ2n) is 7.04. The molecule has 27 heavy (non-hydrogen) atoms. The third-order valence-electron chi connectivity index (χ3n) is 5.41. The van der Waals surface area contributed by atoms with E-state index in [2.05, 4.69) is 10.4 Å². The lowest BCUT2D eigenvalue weighted by Gasteiger charge is -2.32. The van der Waals surface area contributed by atoms with Gasteiger partial charge in [0.2, 0.25) is 5.91 Å². The summed E-state index contributed by atoms with van der Waals surface area (Å²) >= 11 is 0. The number of aromatic nitrogens is 2. The zero-order chi connectivity index (χ0) is 18.3. The molecule has 8 nitrogen and oxygen atoms in total. The van der Waals surface area contributed by atoms with E-state index in [1.54, 1.807) is 10.7 Å². The summed E-state index contributed by atoms with van der Waals surface area (Å²) in [7, 11) is 1.87. The fourth-order valence-electron chi connectivity index (χ4n) is 4.00. The molecule has 0 unspecified atom stereocenters. The van der Waals surface area contributed by atoms with Crippen molar-refractivity contribution in [1.82, 2.24) is 20.0 Å². The first-order chi connectivity index (χ1) is 12.5. The van der Waals surface area contributed by atoms with Gasteiger partial charge in [0.1, 0.15) is 0 Å². The van der Waals surface area contributed by atoms with Crippen molar-refractivity contribution in [3.63, 3.8) is 0 Å². The van der Waals surface area contributed by atoms with Gasteiger partial charge in [-0.05, 0) is 23.1 Å². The zero-order valence-corrected chi connectivity index (χ0v) is 15.8. The first kappa shape index (κ1) is 19.3. The molecule has 2 atom stereocenters. The van der Waals surface area contributed by atoms with Crippen LogP contribution >= 0.6 is 12.4 Å². The van der Waals surface area contributed by atoms with Crippen LogP contribution in [0.2, 0.25) is 0 Å². The Morgan fingerprint density at radius 1 is 1.33 bits per heavy atom. The van der Waals surface area contributed by atoms with Crippen molar-refractivity contribution >= 4 is 24.0 Å². The predicted octanol–water partition coefficient (Wildman–Crippen LogP) is 1.64. The number of fused-ring (bicyclic) bond motifs is 1. The number of nitro benzene ring substituents is 1. The molecule has 0 spiro atoms. The number of nitrogens with one attached hydrogen (secondary N) is 1. The topological polar surface area (TPSA) is 93.3 Å². The monoisotopic (exact) mass is 391 g/mol. The van der Waals surface area contributed by atoms with Crippen molar-refractivity contribution in [1.29, 1.82) is 0 Å². The Hall–Kier alpha value is -2.45. The molecule has 0 radical (unpaired) electrons. The molecule has 2 aromatic rings. The largest absolute Gasteiger partial charge is 0.338 e. The predicted molar refractivity (Wildman–Crippen MR) is 102 cm³/mol. The summed E-state index contributed by atoms with van der Waals surface area (Å²) in [4.78, 5) is 25.6. The van der Waals surface area contributed by atoms with Crippen LogP contribution < -0.4 is 5.32 Å². The summed E-state index contributed by atoms with van der Waals surface area (Å²) < 4.78 is 1.76. The number of halogens is 1. The number of benzene rings is 1. The molecule has 1 aromatic heterocycles. The Kier molecular flexibility index (Phi) is 5.48. The first-order valence-electron chi connectivity index (χ1n) is 8.77. The standard InChI is InChI=1S/C18H21N5O3.ClH/c1-21-10-14(7-20-21)16-8-19-9-17(16)18(24)22-5-4-12-2-3-15(23(25)26)6-13(12)11-22;/h2-3,6-7,10,16-17,19H,4-5,8-9,11H2,1H3;1H/t16-,17+;/m1./s1. The molecule has 2 aliphatic heterocycles. The number of nitro groups is 1. The number of carbonyl (C=O) groups is 1. The van der Waals surface area contributed by atoms with Crippen LogP contribution in [0.1, 0.15) is 22.6 Å². The molecule has 3 heterocycles. The van der Waals surface area contributed by atoms with Gasteiger partial charge in [-0.2, -0.15) is 5.10 Å². The molecule has 9 heteroatoms. The molecular formula is C18H22ClN5O3. The van der Waals surface area contributed by atoms with E-state index < -0.39 is 0 Å². The highest BCUT2D eigenvalue weighted by Crippen LogP contribution is 2.31. The fraction of sp³-hybridized carbons (Fsp3) is 0.444. The summed E-state index contributed by atoms with van der Waals surface area (Å²) in [6.07, 6.45) is 4.52. The maximum atomic E-state index is 13.1. The van der Waals surface area contributed by atoms with Crippen LogP contribution in [0.15, 0.2) is 30.6 Å². The molecule has 1 saturated heterocycles. The SMILES string of the molecule is Cl.Cn1cc([C@H]2CNC[C@@H]2C(=O)N2CCc3ccc([N+](=O)[O-])cc3C2)cn1. The van der Waals surface area contributed by atoms with Crippen LogP contribution in [0.4, 0.5) is 5.69 Å². The van der Waals surface area contributed by atoms with Crippen LogP contribution in [0, 0.1) is 16.0 Å². The normalized spacial score (nSPS) is 21.4. The van der Waals surface area contributed by atoms with Crippen molar-refractivity contribution in [3.8, 4) is 0 Å². The highest BCUT2D eigenvalue weighted by atomic mass is 35.5. The molecule has 2 aliphatic rings. The van der Waals surface area contributed by atoms with E-state index in [4.69, 9.17) is 0 Å². The summed E-state index contributed by atoms with van der Waals surface area (Å²) in [5.74, 6) is 0.100. The number of aryl methyl sites for hydroxylation is 1. The lowest BCUT2D eigenvalue weighted by atomic mass is 9.89. The van der Waals surface area contributed by atoms with Gasteiger partial charge in [0.15, 0.2) is 0 Å². The van der Waals surface area contributed by atoms with Gasteiger partial charge in [-0.1, -0.05) is 6.07 Å². The van der Waals surface area contributed by atoms with E-state index in [1.165, 1.54) is 6.07 Å². The maximum absolute atomic E-state index is 13.1. The number of carbonyl (C=O) groups excluding carboxylic acids is 1. The molecule has 1 N–H and O–H groups in total. The van der Waals surface area contributed by atoms with Crippen LogP contribution in [0.5, 0.6) is 0 Å². The number of amides is 1. The highest BCUT2D eigenvalue weighted by Gasteiger charge is 2.37. The second kappa shape index (κ2) is 7.66. The molecule has 1 fully saturated rings. The lowest BCUT2D eigenvalue weighted by Crippen LogP contribution is -2.41. The van der Waals surface area contributed by atoms with E-state index in [0.717, 1.165) is 29.7 Å². The third kappa shape index (κ3) is 3.68. The van der Waals surface area contributed by atoms with Gasteiger partial charge in [0.25, 0.3) is 5.69 Å². The van der Waals surface area contributed by atoms with E-state index in [9.17, 15) is 14.9 Å². The van der Waals surface area contributed by atoms with Gasteiger partial charge in [-0.3, -0.25) is 19.6 Å². The Labute approximate surface area is 163 Å². The van der Waals surface area contributed by atoms with Crippen molar-refractivity contribution in [2.45, 2.75) is 18.9 Å². The summed E-state index contributed by atoms with van der Waals surface area (Å²) in [6.45, 7) is 2.50. The first-order valence-corrected chi connectivity index (χ1v) is 8.77. The van der Waals surface area contributed by atoms with Crippen molar-refractivity contribution < 1.29 is 9.72 Å². The Bertz CT molecular complexity index is 868. The third-order valence-corrected chi connectivity index (χ3v) is 5.41. The van der Waals surface area contributed by atoms with Crippen LogP contribution in [0.25, 0.3) is 0 Å². The van der Waals surface area contributed by atoms with Gasteiger partial charge >= 0.3 is 0 Å². The van der Waals surface area contributed by atoms with Crippen molar-refractivity contribution in [2.24, 2.45) is 13.0 Å². The van der Waals surface area contributed by atoms with Gasteiger partial charge in [-0.25, -0.2) is 0 Å². The van der Waals surface area contributed by atoms with Gasteiger partial charge in [0, 0.05) is 57.5 Å². The average Bonchev–Trinajstić information content (AvgIpc) is 3.28. The quantitative estimate of drug-likeness (QED) is 0.634. The zero-order valence-electron chi connectivity index (χ0n) is 15.0. The number of hydrogen-bond acceptors (Lipinski definition) is 5. The summed E-state index contributed by atoms with van der Waals surface area (Å²) in [5.41, 5.74) is 3.12. The molecule has 4 rings (SSSR count). The number of nitrogens with zero attached hydrogens (tertiary/aromatic N) is 4. The average molecular weight is 392 g/mol. The van der Waals surface area contributed by atoms with E-state index >= 15 is 0 Å². The Morgan fingerprint density at radius 3 is 2.85 bits per heavy atom. The van der Waals surface area contributed by atoms with Crippen LogP contribution in [-0.2, 0) is 24.8 Å². The molecule has 1 aromatic carbocycles. The molecule has 0 bridgehead atoms. The summed E-state index contributed by atoms with van der Waals surface area (Å²) in [5, 5.41) is 18.6. The van der Waals surface area contributed by atoms with E-state index in [1.807, 2.05) is 30.4 Å². The van der Waals surface area contributed by atoms with Crippen molar-refractivity contribution in [3.05, 3.63) is 57.4 Å². The Morgan fingerprint density at radius 2 is 2.15 bits per heavy atom. The van der Waals surface area contributed by atoms with E-state index in [0.29, 0.717) is 19.6 Å². The number of rotatable bonds is 3. The molecule has 144 valence electrons. The minimum absolute atomic E-state index is 0. The second-order valence-corrected chi connectivity index (χ2v) is 7.04. The lowest BCUT2D eigenvalue weighted by molar-refractivity contribution is -0.385. The van der Waals surface area contributed by atoms with Crippen LogP contribution in [-0.4, -0.2) is 45.1 Å². The molecular weight excluding hydrogens is 370 g/mol. The number of non-ortho nitro benzene ring substituents is 1. The number of hydrogen-bond donors (Lipinski definition) is 1. The van der Waals surface area contributed by atoms with E-state index in [-0.39, 0.29) is 40.8 Å². The summed E-state index contributed by atoms with van der Waals surface area (Å²) in [6, 6.07) is 4.95. The molecule has 0 aliphatic carbocycles. The van der Waals surface area contributed by atoms with Crippen molar-refractivity contribution in [2.75, 3.05) is 19.6 Å². The van der Waals surface area contributed by atoms with Gasteiger partial charge in [-0.15, -0.1) is 12.4 Å². The highest BCUT2D eigenvalue weighted by molar-refractivity contribution is 5.85. The maximum Gasteiger partial charge on any atom is 0.269 e. The van der Waals surface area contributed by atoms with Gasteiger partial charge in [0.05, 0.1) is 17.0 Å². The molecule has 1 amide bonds. The van der Waals surface area contributed by atoms with Gasteiger partial charge < -0.3 is 10.2 Å². The minimum atomic E-state index is -0.389. The molecule has 0 saturated carbocycles. The smallest absolute Gasteiger partial charge is 0.269 e.